The fraction of sp³-hybridized carbons (Fsp3) is 0.143. The highest BCUT2D eigenvalue weighted by molar-refractivity contribution is 6.15. The van der Waals surface area contributed by atoms with E-state index in [-0.39, 0.29) is 12.2 Å². The molecule has 1 aromatic rings. The fourth-order valence-electron chi connectivity index (χ4n) is 1.84. The van der Waals surface area contributed by atoms with Crippen LogP contribution in [0.1, 0.15) is 12.5 Å². The predicted octanol–water partition coefficient (Wildman–Crippen LogP) is -0.197. The number of nitriles is 1. The number of rotatable bonds is 2. The molecule has 1 heterocycles. The number of aromatic nitrogens is 1. The first kappa shape index (κ1) is 12.7. The first-order chi connectivity index (χ1) is 9.19. The van der Waals surface area contributed by atoms with Crippen LogP contribution in [-0.2, 0) is 9.53 Å². The van der Waals surface area contributed by atoms with E-state index >= 15 is 0 Å². The largest absolute Gasteiger partial charge is 0.462 e. The summed E-state index contributed by atoms with van der Waals surface area (Å²) in [7, 11) is 0. The maximum atomic E-state index is 11.7. The van der Waals surface area contributed by atoms with Crippen molar-refractivity contribution in [1.29, 1.82) is 5.26 Å². The van der Waals surface area contributed by atoms with E-state index in [1.807, 2.05) is 36.4 Å². The smallest absolute Gasteiger partial charge is 0.351 e. The van der Waals surface area contributed by atoms with E-state index in [4.69, 9.17) is 15.8 Å². The molecule has 1 aliphatic carbocycles. The summed E-state index contributed by atoms with van der Waals surface area (Å²) in [6, 6.07) is 3.55. The summed E-state index contributed by atoms with van der Waals surface area (Å²) in [5.74, 6) is 5.28. The Labute approximate surface area is 110 Å². The SMILES string of the molecule is CCOC(=O)/C(C#N)=c1/cc2c(n1N)=CC=CC=C2. The molecule has 1 aromatic heterocycles. The topological polar surface area (TPSA) is 81.0 Å². The average Bonchev–Trinajstić information content (AvgIpc) is 2.58. The quantitative estimate of drug-likeness (QED) is 0.586. The number of allylic oxidation sites excluding steroid dienone is 3. The number of nitrogen functional groups attached to an aromatic ring is 1. The van der Waals surface area contributed by atoms with Gasteiger partial charge in [0.2, 0.25) is 0 Å². The van der Waals surface area contributed by atoms with Crippen LogP contribution in [0.25, 0.3) is 17.7 Å². The maximum Gasteiger partial charge on any atom is 0.351 e. The highest BCUT2D eigenvalue weighted by Gasteiger charge is 2.14. The molecule has 2 N–H and O–H groups in total. The molecule has 2 rings (SSSR count). The Balaban J connectivity index is 2.74. The molecule has 5 nitrogen and oxygen atoms in total. The van der Waals surface area contributed by atoms with E-state index in [1.165, 1.54) is 4.68 Å². The molecule has 0 radical (unpaired) electrons. The zero-order chi connectivity index (χ0) is 13.8. The lowest BCUT2D eigenvalue weighted by atomic mass is 10.2. The van der Waals surface area contributed by atoms with E-state index in [0.717, 1.165) is 10.9 Å². The number of ether oxygens (including phenoxy) is 1. The number of nitrogens with zero attached hydrogens (tertiary/aromatic N) is 2. The number of fused-ring (bicyclic) bond motifs is 1. The van der Waals surface area contributed by atoms with E-state index in [0.29, 0.717) is 5.35 Å². The van der Waals surface area contributed by atoms with Gasteiger partial charge < -0.3 is 10.6 Å². The molecule has 0 unspecified atom stereocenters. The van der Waals surface area contributed by atoms with Crippen molar-refractivity contribution >= 4 is 23.7 Å². The van der Waals surface area contributed by atoms with Crippen molar-refractivity contribution in [1.82, 2.24) is 4.68 Å². The molecule has 19 heavy (non-hydrogen) atoms. The van der Waals surface area contributed by atoms with Crippen LogP contribution >= 0.6 is 0 Å². The summed E-state index contributed by atoms with van der Waals surface area (Å²) in [6.45, 7) is 1.90. The zero-order valence-electron chi connectivity index (χ0n) is 10.5. The summed E-state index contributed by atoms with van der Waals surface area (Å²) in [4.78, 5) is 11.7. The Hall–Kier alpha value is -2.74. The number of hydrogen-bond donors (Lipinski definition) is 1. The third-order valence-corrected chi connectivity index (χ3v) is 2.71. The first-order valence-corrected chi connectivity index (χ1v) is 5.82. The van der Waals surface area contributed by atoms with Gasteiger partial charge in [-0.25, -0.2) is 4.79 Å². The monoisotopic (exact) mass is 255 g/mol. The van der Waals surface area contributed by atoms with E-state index in [1.54, 1.807) is 13.0 Å². The van der Waals surface area contributed by atoms with E-state index in [9.17, 15) is 4.79 Å². The van der Waals surface area contributed by atoms with Crippen LogP contribution in [0.2, 0.25) is 0 Å². The van der Waals surface area contributed by atoms with Gasteiger partial charge in [-0.05, 0) is 19.1 Å². The van der Waals surface area contributed by atoms with Gasteiger partial charge >= 0.3 is 5.97 Å². The van der Waals surface area contributed by atoms with Gasteiger partial charge in [-0.3, -0.25) is 4.68 Å². The summed E-state index contributed by atoms with van der Waals surface area (Å²) in [6.07, 6.45) is 9.26. The normalized spacial score (nSPS) is 13.9. The lowest BCUT2D eigenvalue weighted by molar-refractivity contribution is -0.136. The summed E-state index contributed by atoms with van der Waals surface area (Å²) >= 11 is 0. The van der Waals surface area contributed by atoms with Crippen molar-refractivity contribution in [2.45, 2.75) is 6.92 Å². The first-order valence-electron chi connectivity index (χ1n) is 5.82. The minimum atomic E-state index is -0.663. The number of hydrogen-bond acceptors (Lipinski definition) is 4. The minimum absolute atomic E-state index is 0.0943. The molecule has 0 saturated carbocycles. The van der Waals surface area contributed by atoms with Crippen LogP contribution in [-0.4, -0.2) is 17.3 Å². The number of carbonyl (C=O) groups is 1. The Kier molecular flexibility index (Phi) is 3.53. The van der Waals surface area contributed by atoms with Gasteiger partial charge in [-0.1, -0.05) is 24.3 Å². The molecule has 0 saturated heterocycles. The second kappa shape index (κ2) is 5.27. The number of nitrogens with two attached hydrogens (primary N) is 1. The highest BCUT2D eigenvalue weighted by atomic mass is 16.5. The van der Waals surface area contributed by atoms with Crippen molar-refractivity contribution in [3.8, 4) is 6.07 Å². The van der Waals surface area contributed by atoms with Crippen LogP contribution in [0, 0.1) is 11.3 Å². The van der Waals surface area contributed by atoms with Gasteiger partial charge in [-0.15, -0.1) is 0 Å². The van der Waals surface area contributed by atoms with Crippen LogP contribution < -0.4 is 16.5 Å². The molecular formula is C14H13N3O2. The standard InChI is InChI=1S/C14H13N3O2/c1-2-19-14(18)11(9-15)13-8-10-6-4-3-5-7-12(10)17(13)16/h3-8H,2,16H2,1H3/b13-11-. The van der Waals surface area contributed by atoms with Gasteiger partial charge in [0, 0.05) is 5.56 Å². The summed E-state index contributed by atoms with van der Waals surface area (Å²) in [5, 5.41) is 10.2. The van der Waals surface area contributed by atoms with Gasteiger partial charge in [0.15, 0.2) is 5.57 Å². The maximum absolute atomic E-state index is 11.7. The van der Waals surface area contributed by atoms with Gasteiger partial charge in [-0.2, -0.15) is 5.26 Å². The molecule has 5 heteroatoms. The van der Waals surface area contributed by atoms with Crippen molar-refractivity contribution in [3.63, 3.8) is 0 Å². The van der Waals surface area contributed by atoms with Crippen LogP contribution in [0.4, 0.5) is 0 Å². The average molecular weight is 255 g/mol. The highest BCUT2D eigenvalue weighted by Crippen LogP contribution is 2.00. The Morgan fingerprint density at radius 1 is 1.47 bits per heavy atom. The second-order valence-electron chi connectivity index (χ2n) is 3.86. The van der Waals surface area contributed by atoms with Gasteiger partial charge in [0.1, 0.15) is 6.07 Å². The molecule has 0 fully saturated rings. The molecule has 96 valence electrons. The molecule has 0 amide bonds. The van der Waals surface area contributed by atoms with E-state index in [2.05, 4.69) is 0 Å². The van der Waals surface area contributed by atoms with Crippen molar-refractivity contribution in [2.75, 3.05) is 12.4 Å². The zero-order valence-corrected chi connectivity index (χ0v) is 10.5. The number of esters is 1. The Morgan fingerprint density at radius 2 is 2.26 bits per heavy atom. The van der Waals surface area contributed by atoms with Crippen LogP contribution in [0.3, 0.4) is 0 Å². The van der Waals surface area contributed by atoms with Crippen molar-refractivity contribution < 1.29 is 9.53 Å². The Morgan fingerprint density at radius 3 is 2.95 bits per heavy atom. The molecule has 0 bridgehead atoms. The number of carbonyl (C=O) groups excluding carboxylic acids is 1. The third kappa shape index (κ3) is 2.29. The van der Waals surface area contributed by atoms with Crippen LogP contribution in [0.15, 0.2) is 24.3 Å². The third-order valence-electron chi connectivity index (χ3n) is 2.71. The minimum Gasteiger partial charge on any atom is -0.462 e. The summed E-state index contributed by atoms with van der Waals surface area (Å²) < 4.78 is 6.18. The molecular weight excluding hydrogens is 242 g/mol. The van der Waals surface area contributed by atoms with Gasteiger partial charge in [0.25, 0.3) is 0 Å². The second-order valence-corrected chi connectivity index (χ2v) is 3.86. The van der Waals surface area contributed by atoms with Crippen molar-refractivity contribution in [3.05, 3.63) is 40.6 Å². The lowest BCUT2D eigenvalue weighted by Gasteiger charge is -2.00. The predicted molar refractivity (Wildman–Crippen MR) is 72.1 cm³/mol. The fourth-order valence-corrected chi connectivity index (χ4v) is 1.84. The molecule has 0 spiro atoms. The van der Waals surface area contributed by atoms with Crippen molar-refractivity contribution in [2.24, 2.45) is 0 Å². The molecule has 1 aliphatic rings. The van der Waals surface area contributed by atoms with Gasteiger partial charge in [0.05, 0.1) is 17.3 Å². The van der Waals surface area contributed by atoms with E-state index < -0.39 is 5.97 Å². The Bertz CT molecular complexity index is 730. The molecule has 0 atom stereocenters. The summed E-state index contributed by atoms with van der Waals surface area (Å²) in [5.41, 5.74) is 0.753. The molecule has 0 aromatic carbocycles. The lowest BCUT2D eigenvalue weighted by Crippen LogP contribution is -2.36. The van der Waals surface area contributed by atoms with Crippen LogP contribution in [0.5, 0.6) is 0 Å². The molecule has 0 aliphatic heterocycles.